The molecule has 1 aromatic carbocycles. The Morgan fingerprint density at radius 2 is 2.33 bits per heavy atom. The summed E-state index contributed by atoms with van der Waals surface area (Å²) < 4.78 is 10.4. The van der Waals surface area contributed by atoms with Gasteiger partial charge in [0.15, 0.2) is 11.5 Å². The van der Waals surface area contributed by atoms with Crippen LogP contribution < -0.4 is 15.2 Å². The summed E-state index contributed by atoms with van der Waals surface area (Å²) in [5.41, 5.74) is 6.21. The van der Waals surface area contributed by atoms with E-state index in [-0.39, 0.29) is 13.2 Å². The highest BCUT2D eigenvalue weighted by atomic mass is 16.7. The highest BCUT2D eigenvalue weighted by molar-refractivity contribution is 5.73. The van der Waals surface area contributed by atoms with E-state index in [0.29, 0.717) is 11.5 Å². The lowest BCUT2D eigenvalue weighted by atomic mass is 10.1. The first-order chi connectivity index (χ1) is 7.18. The first-order valence-electron chi connectivity index (χ1n) is 4.54. The summed E-state index contributed by atoms with van der Waals surface area (Å²) in [5, 5.41) is 8.69. The van der Waals surface area contributed by atoms with Crippen LogP contribution in [0.25, 0.3) is 0 Å². The van der Waals surface area contributed by atoms with Gasteiger partial charge in [-0.1, -0.05) is 12.1 Å². The number of carboxylic acids is 1. The average molecular weight is 209 g/mol. The van der Waals surface area contributed by atoms with E-state index in [1.165, 1.54) is 0 Å². The van der Waals surface area contributed by atoms with E-state index in [1.807, 2.05) is 0 Å². The molecule has 1 aromatic rings. The van der Waals surface area contributed by atoms with Crippen LogP contribution in [0.2, 0.25) is 0 Å². The van der Waals surface area contributed by atoms with Gasteiger partial charge < -0.3 is 20.3 Å². The molecule has 1 heterocycles. The third kappa shape index (κ3) is 1.87. The number of rotatable bonds is 3. The highest BCUT2D eigenvalue weighted by Crippen LogP contribution is 2.35. The zero-order chi connectivity index (χ0) is 10.8. The largest absolute Gasteiger partial charge is 0.480 e. The third-order valence-corrected chi connectivity index (χ3v) is 2.24. The third-order valence-electron chi connectivity index (χ3n) is 2.24. The van der Waals surface area contributed by atoms with Crippen LogP contribution in [0.4, 0.5) is 0 Å². The van der Waals surface area contributed by atoms with Crippen molar-refractivity contribution in [2.45, 2.75) is 12.5 Å². The van der Waals surface area contributed by atoms with Crippen molar-refractivity contribution in [2.75, 3.05) is 6.79 Å². The predicted octanol–water partition coefficient (Wildman–Crippen LogP) is 0.370. The summed E-state index contributed by atoms with van der Waals surface area (Å²) >= 11 is 0. The molecule has 1 atom stereocenters. The van der Waals surface area contributed by atoms with E-state index in [0.717, 1.165) is 5.56 Å². The van der Waals surface area contributed by atoms with Gasteiger partial charge in [0, 0.05) is 12.0 Å². The molecule has 5 heteroatoms. The Morgan fingerprint density at radius 3 is 3.07 bits per heavy atom. The molecule has 0 amide bonds. The molecule has 1 unspecified atom stereocenters. The van der Waals surface area contributed by atoms with Crippen LogP contribution in [0.1, 0.15) is 5.56 Å². The summed E-state index contributed by atoms with van der Waals surface area (Å²) in [5.74, 6) is 0.228. The molecule has 0 fully saturated rings. The van der Waals surface area contributed by atoms with Crippen molar-refractivity contribution in [1.29, 1.82) is 0 Å². The monoisotopic (exact) mass is 209 g/mol. The Labute approximate surface area is 86.4 Å². The van der Waals surface area contributed by atoms with Crippen molar-refractivity contribution in [3.05, 3.63) is 23.8 Å². The zero-order valence-electron chi connectivity index (χ0n) is 7.97. The molecule has 0 aromatic heterocycles. The van der Waals surface area contributed by atoms with E-state index in [4.69, 9.17) is 20.3 Å². The molecular weight excluding hydrogens is 198 g/mol. The molecule has 0 spiro atoms. The maximum absolute atomic E-state index is 10.6. The number of nitrogens with two attached hydrogens (primary N) is 1. The fourth-order valence-corrected chi connectivity index (χ4v) is 1.48. The van der Waals surface area contributed by atoms with Crippen LogP contribution in [-0.4, -0.2) is 23.9 Å². The predicted molar refractivity (Wildman–Crippen MR) is 51.9 cm³/mol. The number of aliphatic carboxylic acids is 1. The van der Waals surface area contributed by atoms with Crippen molar-refractivity contribution in [3.63, 3.8) is 0 Å². The Bertz CT molecular complexity index is 391. The van der Waals surface area contributed by atoms with Crippen LogP contribution in [0.3, 0.4) is 0 Å². The van der Waals surface area contributed by atoms with E-state index < -0.39 is 12.0 Å². The second kappa shape index (κ2) is 3.78. The Kier molecular flexibility index (Phi) is 2.47. The van der Waals surface area contributed by atoms with Crippen LogP contribution in [-0.2, 0) is 11.2 Å². The molecule has 80 valence electrons. The first-order valence-corrected chi connectivity index (χ1v) is 4.54. The molecule has 1 aliphatic rings. The van der Waals surface area contributed by atoms with Gasteiger partial charge >= 0.3 is 5.97 Å². The molecule has 15 heavy (non-hydrogen) atoms. The highest BCUT2D eigenvalue weighted by Gasteiger charge is 2.20. The van der Waals surface area contributed by atoms with Crippen molar-refractivity contribution < 1.29 is 19.4 Å². The number of fused-ring (bicyclic) bond motifs is 1. The van der Waals surface area contributed by atoms with Crippen molar-refractivity contribution in [1.82, 2.24) is 0 Å². The number of carboxylic acid groups (broad SMARTS) is 1. The molecular formula is C10H11NO4. The van der Waals surface area contributed by atoms with Crippen LogP contribution in [0.15, 0.2) is 18.2 Å². The minimum atomic E-state index is -1.02. The summed E-state index contributed by atoms with van der Waals surface area (Å²) in [7, 11) is 0. The molecule has 5 nitrogen and oxygen atoms in total. The van der Waals surface area contributed by atoms with Gasteiger partial charge in [0.05, 0.1) is 0 Å². The molecule has 2 rings (SSSR count). The lowest BCUT2D eigenvalue weighted by Crippen LogP contribution is -2.32. The van der Waals surface area contributed by atoms with Crippen LogP contribution in [0.5, 0.6) is 11.5 Å². The maximum atomic E-state index is 10.6. The van der Waals surface area contributed by atoms with Gasteiger partial charge in [-0.05, 0) is 6.07 Å². The number of carbonyl (C=O) groups is 1. The Balaban J connectivity index is 2.22. The zero-order valence-corrected chi connectivity index (χ0v) is 7.97. The van der Waals surface area contributed by atoms with Crippen LogP contribution >= 0.6 is 0 Å². The van der Waals surface area contributed by atoms with Gasteiger partial charge in [0.25, 0.3) is 0 Å². The first kappa shape index (κ1) is 9.79. The number of ether oxygens (including phenoxy) is 2. The molecule has 1 aliphatic heterocycles. The maximum Gasteiger partial charge on any atom is 0.320 e. The van der Waals surface area contributed by atoms with Gasteiger partial charge in [0.2, 0.25) is 6.79 Å². The second-order valence-electron chi connectivity index (χ2n) is 3.30. The molecule has 0 saturated carbocycles. The molecule has 0 saturated heterocycles. The molecule has 3 N–H and O–H groups in total. The lowest BCUT2D eigenvalue weighted by molar-refractivity contribution is -0.138. The minimum Gasteiger partial charge on any atom is -0.480 e. The number of para-hydroxylation sites is 1. The van der Waals surface area contributed by atoms with E-state index in [9.17, 15) is 4.79 Å². The minimum absolute atomic E-state index is 0.175. The fourth-order valence-electron chi connectivity index (χ4n) is 1.48. The van der Waals surface area contributed by atoms with Crippen molar-refractivity contribution in [3.8, 4) is 11.5 Å². The second-order valence-corrected chi connectivity index (χ2v) is 3.30. The van der Waals surface area contributed by atoms with E-state index in [1.54, 1.807) is 18.2 Å². The van der Waals surface area contributed by atoms with Gasteiger partial charge in [-0.25, -0.2) is 0 Å². The molecule has 0 aliphatic carbocycles. The van der Waals surface area contributed by atoms with Gasteiger partial charge in [0.1, 0.15) is 6.04 Å². The topological polar surface area (TPSA) is 81.8 Å². The van der Waals surface area contributed by atoms with Crippen molar-refractivity contribution >= 4 is 5.97 Å². The lowest BCUT2D eigenvalue weighted by Gasteiger charge is -2.08. The standard InChI is InChI=1S/C10H11NO4/c11-7(10(12)13)4-6-2-1-3-8-9(6)15-5-14-8/h1-3,7H,4-5,11H2,(H,12,13). The normalized spacial score (nSPS) is 15.0. The Morgan fingerprint density at radius 1 is 1.53 bits per heavy atom. The SMILES string of the molecule is NC(Cc1cccc2c1OCO2)C(=O)O. The van der Waals surface area contributed by atoms with Gasteiger partial charge in [-0.3, -0.25) is 4.79 Å². The van der Waals surface area contributed by atoms with Gasteiger partial charge in [-0.15, -0.1) is 0 Å². The smallest absolute Gasteiger partial charge is 0.320 e. The summed E-state index contributed by atoms with van der Waals surface area (Å²) in [6, 6.07) is 4.44. The fraction of sp³-hybridized carbons (Fsp3) is 0.300. The van der Waals surface area contributed by atoms with E-state index >= 15 is 0 Å². The number of hydrogen-bond donors (Lipinski definition) is 2. The number of benzene rings is 1. The quantitative estimate of drug-likeness (QED) is 0.751. The molecule has 0 bridgehead atoms. The summed E-state index contributed by atoms with van der Waals surface area (Å²) in [6.45, 7) is 0.175. The van der Waals surface area contributed by atoms with E-state index in [2.05, 4.69) is 0 Å². The summed E-state index contributed by atoms with van der Waals surface area (Å²) in [4.78, 5) is 10.6. The van der Waals surface area contributed by atoms with Crippen LogP contribution in [0, 0.1) is 0 Å². The summed E-state index contributed by atoms with van der Waals surface area (Å²) in [6.07, 6.45) is 0.238. The Hall–Kier alpha value is -1.75. The van der Waals surface area contributed by atoms with Gasteiger partial charge in [-0.2, -0.15) is 0 Å². The molecule has 0 radical (unpaired) electrons. The van der Waals surface area contributed by atoms with Crippen molar-refractivity contribution in [2.24, 2.45) is 5.73 Å². The number of hydrogen-bond acceptors (Lipinski definition) is 4. The average Bonchev–Trinajstić information content (AvgIpc) is 2.66.